The summed E-state index contributed by atoms with van der Waals surface area (Å²) in [6.07, 6.45) is 1.83. The number of carbonyl (C=O) groups is 1. The van der Waals surface area contributed by atoms with Crippen molar-refractivity contribution in [3.63, 3.8) is 0 Å². The largest absolute Gasteiger partial charge is 0.332 e. The van der Waals surface area contributed by atoms with Crippen molar-refractivity contribution in [3.8, 4) is 0 Å². The Morgan fingerprint density at radius 2 is 1.88 bits per heavy atom. The minimum Gasteiger partial charge on any atom is -0.316 e. The molecule has 1 aliphatic rings. The fraction of sp³-hybridized carbons (Fsp3) is 0.429. The lowest BCUT2D eigenvalue weighted by molar-refractivity contribution is -0.117. The Labute approximate surface area is 154 Å². The third-order valence-corrected chi connectivity index (χ3v) is 6.14. The van der Waals surface area contributed by atoms with Gasteiger partial charge in [-0.15, -0.1) is 10.2 Å². The molecule has 0 aliphatic heterocycles. The van der Waals surface area contributed by atoms with Gasteiger partial charge in [0.2, 0.25) is 11.0 Å². The minimum atomic E-state index is -0.432. The van der Waals surface area contributed by atoms with Crippen LogP contribution >= 0.6 is 23.1 Å². The maximum Gasteiger partial charge on any atom is 0.332 e. The molecule has 12 heteroatoms. The van der Waals surface area contributed by atoms with Crippen LogP contribution in [0.5, 0.6) is 0 Å². The van der Waals surface area contributed by atoms with Crippen LogP contribution in [0.3, 0.4) is 0 Å². The molecule has 0 bridgehead atoms. The number of amides is 1. The lowest BCUT2D eigenvalue weighted by atomic mass is 10.4. The van der Waals surface area contributed by atoms with E-state index in [1.54, 1.807) is 18.7 Å². The van der Waals surface area contributed by atoms with Gasteiger partial charge in [-0.1, -0.05) is 11.3 Å². The third-order valence-electron chi connectivity index (χ3n) is 4.20. The first-order valence-electron chi connectivity index (χ1n) is 7.81. The van der Waals surface area contributed by atoms with E-state index in [1.165, 1.54) is 34.7 Å². The van der Waals surface area contributed by atoms with Crippen molar-refractivity contribution < 1.29 is 4.79 Å². The van der Waals surface area contributed by atoms with Gasteiger partial charge < -0.3 is 9.88 Å². The van der Waals surface area contributed by atoms with Crippen LogP contribution in [0.15, 0.2) is 19.1 Å². The van der Waals surface area contributed by atoms with Gasteiger partial charge in [-0.3, -0.25) is 18.7 Å². The summed E-state index contributed by atoms with van der Waals surface area (Å²) < 4.78 is 4.60. The standard InChI is InChI=1S/C14H15N7O3S2/c1-19-7-8(20(2)14(24)21(3)10(7)23)15-12(19)26-13-18-17-11(25-13)16-9(22)6-4-5-6/h6H,4-5H2,1-3H3,(H,16,17,22). The van der Waals surface area contributed by atoms with E-state index in [0.717, 1.165) is 17.4 Å². The van der Waals surface area contributed by atoms with Crippen LogP contribution in [0.25, 0.3) is 11.2 Å². The maximum absolute atomic E-state index is 12.4. The lowest BCUT2D eigenvalue weighted by Crippen LogP contribution is -2.37. The van der Waals surface area contributed by atoms with E-state index >= 15 is 0 Å². The van der Waals surface area contributed by atoms with Crippen LogP contribution in [0.1, 0.15) is 12.8 Å². The van der Waals surface area contributed by atoms with E-state index in [2.05, 4.69) is 20.5 Å². The Bertz CT molecular complexity index is 1150. The van der Waals surface area contributed by atoms with Crippen molar-refractivity contribution in [1.82, 2.24) is 28.9 Å². The van der Waals surface area contributed by atoms with E-state index in [9.17, 15) is 14.4 Å². The normalized spacial score (nSPS) is 14.1. The summed E-state index contributed by atoms with van der Waals surface area (Å²) in [7, 11) is 4.71. The lowest BCUT2D eigenvalue weighted by Gasteiger charge is -2.03. The first-order valence-corrected chi connectivity index (χ1v) is 9.44. The molecule has 1 saturated carbocycles. The molecule has 0 radical (unpaired) electrons. The summed E-state index contributed by atoms with van der Waals surface area (Å²) in [5.74, 6) is 0.0614. The monoisotopic (exact) mass is 393 g/mol. The molecule has 3 heterocycles. The first-order chi connectivity index (χ1) is 12.4. The number of rotatable bonds is 4. The van der Waals surface area contributed by atoms with Gasteiger partial charge in [0, 0.05) is 27.1 Å². The number of aryl methyl sites for hydroxylation is 2. The molecule has 0 atom stereocenters. The fourth-order valence-electron chi connectivity index (χ4n) is 2.52. The molecule has 1 N–H and O–H groups in total. The van der Waals surface area contributed by atoms with Gasteiger partial charge in [0.15, 0.2) is 20.7 Å². The third kappa shape index (κ3) is 2.74. The van der Waals surface area contributed by atoms with Crippen LogP contribution in [0.4, 0.5) is 5.13 Å². The topological polar surface area (TPSA) is 117 Å². The van der Waals surface area contributed by atoms with Crippen LogP contribution < -0.4 is 16.6 Å². The smallest absolute Gasteiger partial charge is 0.316 e. The average molecular weight is 393 g/mol. The molecule has 136 valence electrons. The predicted molar refractivity (Wildman–Crippen MR) is 96.6 cm³/mol. The molecular formula is C14H15N7O3S2. The van der Waals surface area contributed by atoms with E-state index in [4.69, 9.17) is 0 Å². The van der Waals surface area contributed by atoms with Gasteiger partial charge in [-0.05, 0) is 24.6 Å². The van der Waals surface area contributed by atoms with Gasteiger partial charge in [0.25, 0.3) is 5.56 Å². The average Bonchev–Trinajstić information content (AvgIpc) is 3.31. The predicted octanol–water partition coefficient (Wildman–Crippen LogP) is 0.322. The number of anilines is 1. The van der Waals surface area contributed by atoms with Crippen LogP contribution in [0, 0.1) is 5.92 Å². The number of carbonyl (C=O) groups excluding carboxylic acids is 1. The van der Waals surface area contributed by atoms with Gasteiger partial charge in [0.1, 0.15) is 0 Å². The summed E-state index contributed by atoms with van der Waals surface area (Å²) in [5.41, 5.74) is -0.184. The Balaban J connectivity index is 1.67. The molecule has 0 aromatic carbocycles. The van der Waals surface area contributed by atoms with Crippen LogP contribution in [-0.2, 0) is 25.9 Å². The Morgan fingerprint density at radius 3 is 2.58 bits per heavy atom. The SMILES string of the molecule is Cn1c(=O)c2c(nc(Sc3nnc(NC(=O)C4CC4)s3)n2C)n(C)c1=O. The highest BCUT2D eigenvalue weighted by molar-refractivity contribution is 8.01. The van der Waals surface area contributed by atoms with Gasteiger partial charge in [-0.25, -0.2) is 9.78 Å². The van der Waals surface area contributed by atoms with Crippen molar-refractivity contribution in [2.45, 2.75) is 22.3 Å². The van der Waals surface area contributed by atoms with Gasteiger partial charge in [0.05, 0.1) is 0 Å². The first kappa shape index (κ1) is 17.0. The highest BCUT2D eigenvalue weighted by Gasteiger charge is 2.30. The number of aromatic nitrogens is 6. The van der Waals surface area contributed by atoms with E-state index < -0.39 is 11.2 Å². The van der Waals surface area contributed by atoms with Crippen molar-refractivity contribution in [1.29, 1.82) is 0 Å². The zero-order chi connectivity index (χ0) is 18.6. The zero-order valence-corrected chi connectivity index (χ0v) is 15.8. The summed E-state index contributed by atoms with van der Waals surface area (Å²) in [6, 6.07) is 0. The number of hydrogen-bond donors (Lipinski definition) is 1. The molecule has 3 aromatic rings. The highest BCUT2D eigenvalue weighted by atomic mass is 32.2. The molecule has 0 unspecified atom stereocenters. The quantitative estimate of drug-likeness (QED) is 0.635. The van der Waals surface area contributed by atoms with E-state index in [0.29, 0.717) is 25.8 Å². The molecule has 0 saturated heterocycles. The molecule has 1 fully saturated rings. The summed E-state index contributed by atoms with van der Waals surface area (Å²) >= 11 is 2.46. The summed E-state index contributed by atoms with van der Waals surface area (Å²) in [6.45, 7) is 0. The minimum absolute atomic E-state index is 0.0288. The van der Waals surface area contributed by atoms with E-state index in [1.807, 2.05) is 0 Å². The summed E-state index contributed by atoms with van der Waals surface area (Å²) in [4.78, 5) is 40.6. The van der Waals surface area contributed by atoms with Crippen molar-refractivity contribution in [3.05, 3.63) is 20.8 Å². The molecule has 0 spiro atoms. The maximum atomic E-state index is 12.4. The molecule has 10 nitrogen and oxygen atoms in total. The van der Waals surface area contributed by atoms with Crippen LogP contribution in [0.2, 0.25) is 0 Å². The summed E-state index contributed by atoms with van der Waals surface area (Å²) in [5, 5.41) is 11.7. The Hall–Kier alpha value is -2.47. The van der Waals surface area contributed by atoms with Crippen molar-refractivity contribution in [2.24, 2.45) is 27.1 Å². The number of fused-ring (bicyclic) bond motifs is 1. The second kappa shape index (κ2) is 6.06. The van der Waals surface area contributed by atoms with Crippen LogP contribution in [-0.4, -0.2) is 34.8 Å². The Kier molecular flexibility index (Phi) is 3.95. The molecule has 3 aromatic heterocycles. The number of imidazole rings is 1. The fourth-order valence-corrected chi connectivity index (χ4v) is 4.23. The van der Waals surface area contributed by atoms with Gasteiger partial charge in [-0.2, -0.15) is 0 Å². The zero-order valence-electron chi connectivity index (χ0n) is 14.2. The molecule has 26 heavy (non-hydrogen) atoms. The number of hydrogen-bond acceptors (Lipinski definition) is 8. The second-order valence-electron chi connectivity index (χ2n) is 6.07. The molecule has 1 amide bonds. The second-order valence-corrected chi connectivity index (χ2v) is 8.26. The van der Waals surface area contributed by atoms with Gasteiger partial charge >= 0.3 is 5.69 Å². The van der Waals surface area contributed by atoms with E-state index in [-0.39, 0.29) is 11.8 Å². The Morgan fingerprint density at radius 1 is 1.15 bits per heavy atom. The molecular weight excluding hydrogens is 378 g/mol. The molecule has 1 aliphatic carbocycles. The number of nitrogens with one attached hydrogen (secondary N) is 1. The van der Waals surface area contributed by atoms with Crippen molar-refractivity contribution in [2.75, 3.05) is 5.32 Å². The number of nitrogens with zero attached hydrogens (tertiary/aromatic N) is 6. The highest BCUT2D eigenvalue weighted by Crippen LogP contribution is 2.34. The van der Waals surface area contributed by atoms with Crippen molar-refractivity contribution >= 4 is 45.3 Å². The molecule has 4 rings (SSSR count).